The maximum Gasteiger partial charge on any atom is 0.269 e. The largest absolute Gasteiger partial charge is 0.345 e. The van der Waals surface area contributed by atoms with E-state index in [9.17, 15) is 9.59 Å². The third-order valence-electron chi connectivity index (χ3n) is 3.58. The molecule has 0 aromatic heterocycles. The molecule has 0 saturated heterocycles. The van der Waals surface area contributed by atoms with Crippen LogP contribution in [0, 0.1) is 0 Å². The van der Waals surface area contributed by atoms with Crippen molar-refractivity contribution in [3.8, 4) is 0 Å². The molecule has 0 radical (unpaired) electrons. The average Bonchev–Trinajstić information content (AvgIpc) is 2.45. The van der Waals surface area contributed by atoms with Gasteiger partial charge < -0.3 is 15.1 Å². The Kier molecular flexibility index (Phi) is 9.87. The molecule has 0 spiro atoms. The summed E-state index contributed by atoms with van der Waals surface area (Å²) in [5.74, 6) is 5.45. The smallest absolute Gasteiger partial charge is 0.269 e. The highest BCUT2D eigenvalue weighted by Gasteiger charge is 2.15. The third kappa shape index (κ3) is 7.22. The number of nitrogens with one attached hydrogen (secondary N) is 1. The van der Waals surface area contributed by atoms with Gasteiger partial charge in [-0.05, 0) is 40.5 Å². The highest BCUT2D eigenvalue weighted by Crippen LogP contribution is 2.14. The zero-order valence-corrected chi connectivity index (χ0v) is 14.3. The average molecular weight is 307 g/mol. The number of amides is 1. The summed E-state index contributed by atoms with van der Waals surface area (Å²) in [5.41, 5.74) is 2.72. The predicted molar refractivity (Wildman–Crippen MR) is 90.7 cm³/mol. The zero-order chi connectivity index (χ0) is 17.1. The molecule has 0 aliphatic carbocycles. The van der Waals surface area contributed by atoms with E-state index in [0.29, 0.717) is 12.1 Å². The summed E-state index contributed by atoms with van der Waals surface area (Å²) in [6.45, 7) is 7.69. The van der Waals surface area contributed by atoms with Crippen LogP contribution < -0.4 is 11.2 Å². The van der Waals surface area contributed by atoms with Gasteiger partial charge in [0.15, 0.2) is 0 Å². The van der Waals surface area contributed by atoms with Crippen molar-refractivity contribution in [3.63, 3.8) is 0 Å². The molecule has 0 heterocycles. The Labute approximate surface area is 133 Å². The Bertz CT molecular complexity index is 463. The van der Waals surface area contributed by atoms with Gasteiger partial charge in [-0.25, -0.2) is 5.84 Å². The first-order chi connectivity index (χ1) is 10.4. The summed E-state index contributed by atoms with van der Waals surface area (Å²) in [4.78, 5) is 22.7. The van der Waals surface area contributed by atoms with Crippen molar-refractivity contribution in [2.75, 3.05) is 7.05 Å². The van der Waals surface area contributed by atoms with Crippen LogP contribution in [-0.4, -0.2) is 30.3 Å². The molecule has 0 fully saturated rings. The van der Waals surface area contributed by atoms with E-state index in [2.05, 4.69) is 5.32 Å². The van der Waals surface area contributed by atoms with E-state index in [4.69, 9.17) is 5.84 Å². The molecular weight excluding hydrogens is 278 g/mol. The summed E-state index contributed by atoms with van der Waals surface area (Å²) in [6, 6.07) is -0.0635. The molecule has 22 heavy (non-hydrogen) atoms. The minimum Gasteiger partial charge on any atom is -0.345 e. The molecule has 0 aromatic rings. The molecule has 0 aromatic carbocycles. The van der Waals surface area contributed by atoms with E-state index in [0.717, 1.165) is 24.7 Å². The zero-order valence-electron chi connectivity index (χ0n) is 14.3. The highest BCUT2D eigenvalue weighted by atomic mass is 16.2. The molecule has 0 aliphatic rings. The van der Waals surface area contributed by atoms with Gasteiger partial charge in [-0.15, -0.1) is 0 Å². The number of hydrogen-bond donors (Lipinski definition) is 2. The lowest BCUT2D eigenvalue weighted by Gasteiger charge is -2.20. The number of nitrogens with zero attached hydrogens (tertiary/aromatic N) is 1. The minimum absolute atomic E-state index is 0.0635. The molecule has 0 bridgehead atoms. The fourth-order valence-corrected chi connectivity index (χ4v) is 2.07. The summed E-state index contributed by atoms with van der Waals surface area (Å²) in [7, 11) is 1.63. The molecule has 124 valence electrons. The number of carbonyl (C=O) groups is 2. The van der Waals surface area contributed by atoms with E-state index in [1.54, 1.807) is 20.0 Å². The summed E-state index contributed by atoms with van der Waals surface area (Å²) >= 11 is 0. The van der Waals surface area contributed by atoms with Crippen molar-refractivity contribution in [1.29, 1.82) is 0 Å². The quantitative estimate of drug-likeness (QED) is 0.226. The number of rotatable bonds is 9. The second-order valence-corrected chi connectivity index (χ2v) is 5.36. The number of nitrogens with two attached hydrogens (primary N) is 1. The van der Waals surface area contributed by atoms with Gasteiger partial charge >= 0.3 is 0 Å². The van der Waals surface area contributed by atoms with Gasteiger partial charge in [0.2, 0.25) is 0 Å². The van der Waals surface area contributed by atoms with Crippen molar-refractivity contribution in [2.24, 2.45) is 5.84 Å². The fraction of sp³-hybridized carbons (Fsp3) is 0.529. The molecule has 1 unspecified atom stereocenters. The van der Waals surface area contributed by atoms with E-state index >= 15 is 0 Å². The van der Waals surface area contributed by atoms with Gasteiger partial charge in [0.25, 0.3) is 5.91 Å². The Morgan fingerprint density at radius 2 is 1.91 bits per heavy atom. The van der Waals surface area contributed by atoms with Crippen molar-refractivity contribution in [1.82, 2.24) is 10.3 Å². The maximum atomic E-state index is 12.2. The van der Waals surface area contributed by atoms with Crippen LogP contribution in [0.3, 0.4) is 0 Å². The van der Waals surface area contributed by atoms with Crippen LogP contribution in [0.2, 0.25) is 0 Å². The van der Waals surface area contributed by atoms with Gasteiger partial charge in [-0.3, -0.25) is 4.79 Å². The Hall–Kier alpha value is -1.88. The predicted octanol–water partition coefficient (Wildman–Crippen LogP) is 2.46. The lowest BCUT2D eigenvalue weighted by Crippen LogP contribution is -2.40. The number of hydrogen-bond acceptors (Lipinski definition) is 4. The van der Waals surface area contributed by atoms with Crippen LogP contribution in [0.5, 0.6) is 0 Å². The number of allylic oxidation sites excluding steroid dienone is 4. The van der Waals surface area contributed by atoms with Gasteiger partial charge in [0.1, 0.15) is 12.0 Å². The second-order valence-electron chi connectivity index (χ2n) is 5.36. The monoisotopic (exact) mass is 307 g/mol. The lowest BCUT2D eigenvalue weighted by atomic mass is 10.0. The van der Waals surface area contributed by atoms with E-state index in [-0.39, 0.29) is 11.9 Å². The Morgan fingerprint density at radius 3 is 2.36 bits per heavy atom. The molecule has 1 atom stereocenters. The first kappa shape index (κ1) is 20.1. The van der Waals surface area contributed by atoms with Crippen molar-refractivity contribution in [3.05, 3.63) is 35.1 Å². The molecular formula is C17H29N3O2. The number of hydrazine groups is 1. The Morgan fingerprint density at radius 1 is 1.27 bits per heavy atom. The standard InChI is InChI=1S/C17H29N3O2/c1-6-8-15(10-9-13(3)14(4)11-12-21)19-17(22)16(7-2)20(5)18/h6-8,12,15H,9-11,18H2,1-5H3,(H,19,22)/b8-6+,14-13+,16-7-. The van der Waals surface area contributed by atoms with E-state index in [1.165, 1.54) is 10.6 Å². The molecule has 0 aliphatic heterocycles. The lowest BCUT2D eigenvalue weighted by molar-refractivity contribution is -0.119. The molecule has 5 nitrogen and oxygen atoms in total. The minimum atomic E-state index is -0.193. The fourth-order valence-electron chi connectivity index (χ4n) is 2.07. The first-order valence-electron chi connectivity index (χ1n) is 7.54. The summed E-state index contributed by atoms with van der Waals surface area (Å²) < 4.78 is 0. The van der Waals surface area contributed by atoms with E-state index in [1.807, 2.05) is 32.9 Å². The van der Waals surface area contributed by atoms with Gasteiger partial charge in [0, 0.05) is 19.5 Å². The SMILES string of the molecule is C/C=C(/C(=O)NC(/C=C/C)CC/C(C)=C(\C)CC=O)N(C)N. The molecule has 0 saturated carbocycles. The van der Waals surface area contributed by atoms with Crippen molar-refractivity contribution >= 4 is 12.2 Å². The second kappa shape index (κ2) is 10.8. The van der Waals surface area contributed by atoms with Crippen LogP contribution in [0.4, 0.5) is 0 Å². The highest BCUT2D eigenvalue weighted by molar-refractivity contribution is 5.92. The van der Waals surface area contributed by atoms with Crippen LogP contribution >= 0.6 is 0 Å². The number of carbonyl (C=O) groups excluding carboxylic acids is 2. The maximum absolute atomic E-state index is 12.2. The molecule has 0 rings (SSSR count). The van der Waals surface area contributed by atoms with Crippen LogP contribution in [-0.2, 0) is 9.59 Å². The van der Waals surface area contributed by atoms with E-state index < -0.39 is 0 Å². The topological polar surface area (TPSA) is 75.4 Å². The summed E-state index contributed by atoms with van der Waals surface area (Å²) in [6.07, 6.45) is 8.56. The third-order valence-corrected chi connectivity index (χ3v) is 3.58. The molecule has 1 amide bonds. The Balaban J connectivity index is 4.79. The normalized spacial score (nSPS) is 14.5. The molecule has 3 N–H and O–H groups in total. The first-order valence-corrected chi connectivity index (χ1v) is 7.54. The molecule has 5 heteroatoms. The van der Waals surface area contributed by atoms with Gasteiger partial charge in [-0.1, -0.05) is 29.4 Å². The van der Waals surface area contributed by atoms with Crippen LogP contribution in [0.1, 0.15) is 47.0 Å². The van der Waals surface area contributed by atoms with Gasteiger partial charge in [0.05, 0.1) is 0 Å². The summed E-state index contributed by atoms with van der Waals surface area (Å²) in [5, 5.41) is 4.28. The van der Waals surface area contributed by atoms with Crippen LogP contribution in [0.15, 0.2) is 35.1 Å². The van der Waals surface area contributed by atoms with Crippen molar-refractivity contribution in [2.45, 2.75) is 53.0 Å². The van der Waals surface area contributed by atoms with Gasteiger partial charge in [-0.2, -0.15) is 0 Å². The number of likely N-dealkylation sites (N-methyl/N-ethyl adjacent to an activating group) is 1. The van der Waals surface area contributed by atoms with Crippen molar-refractivity contribution < 1.29 is 9.59 Å². The number of aldehydes is 1. The van der Waals surface area contributed by atoms with Crippen LogP contribution in [0.25, 0.3) is 0 Å².